The first-order valence-electron chi connectivity index (χ1n) is 7.44. The first-order valence-corrected chi connectivity index (χ1v) is 8.26. The number of carbonyl (C=O) groups is 1. The van der Waals surface area contributed by atoms with Crippen LogP contribution < -0.4 is 11.0 Å². The Morgan fingerprint density at radius 2 is 2.00 bits per heavy atom. The molecular weight excluding hydrogens is 314 g/mol. The number of nitrogens with zero attached hydrogens (tertiary/aromatic N) is 4. The summed E-state index contributed by atoms with van der Waals surface area (Å²) in [7, 11) is 0. The first-order chi connectivity index (χ1) is 10.8. The highest BCUT2D eigenvalue weighted by atomic mass is 32.1. The average Bonchev–Trinajstić information content (AvgIpc) is 2.88. The standard InChI is InChI=1S/C15H19N5O2S/c1-7(2)16-11(21)6-19-15(22)20-10(5)17-14-12(13(20)18-19)8(3)9(4)23-14/h7H,6H2,1-5H3,(H,16,21). The molecule has 122 valence electrons. The van der Waals surface area contributed by atoms with Gasteiger partial charge in [-0.3, -0.25) is 4.79 Å². The summed E-state index contributed by atoms with van der Waals surface area (Å²) in [4.78, 5) is 31.1. The second kappa shape index (κ2) is 5.45. The van der Waals surface area contributed by atoms with Crippen molar-refractivity contribution in [1.29, 1.82) is 0 Å². The molecule has 0 radical (unpaired) electrons. The summed E-state index contributed by atoms with van der Waals surface area (Å²) in [6.45, 7) is 9.46. The zero-order chi connectivity index (χ0) is 16.9. The van der Waals surface area contributed by atoms with E-state index in [0.717, 1.165) is 20.7 Å². The Balaban J connectivity index is 2.21. The molecule has 0 saturated carbocycles. The van der Waals surface area contributed by atoms with Crippen molar-refractivity contribution >= 4 is 33.1 Å². The highest BCUT2D eigenvalue weighted by Crippen LogP contribution is 2.31. The van der Waals surface area contributed by atoms with Crippen LogP contribution >= 0.6 is 11.3 Å². The lowest BCUT2D eigenvalue weighted by atomic mass is 10.2. The Hall–Kier alpha value is -2.22. The van der Waals surface area contributed by atoms with Gasteiger partial charge < -0.3 is 5.32 Å². The van der Waals surface area contributed by atoms with Crippen LogP contribution in [0, 0.1) is 20.8 Å². The van der Waals surface area contributed by atoms with E-state index in [4.69, 9.17) is 0 Å². The number of aryl methyl sites for hydroxylation is 3. The van der Waals surface area contributed by atoms with Crippen LogP contribution in [0.15, 0.2) is 4.79 Å². The number of aromatic nitrogens is 4. The fraction of sp³-hybridized carbons (Fsp3) is 0.467. The van der Waals surface area contributed by atoms with Crippen molar-refractivity contribution in [2.75, 3.05) is 0 Å². The molecule has 3 aromatic heterocycles. The maximum Gasteiger partial charge on any atom is 0.352 e. The van der Waals surface area contributed by atoms with Crippen LogP contribution in [0.3, 0.4) is 0 Å². The van der Waals surface area contributed by atoms with Crippen LogP contribution in [0.25, 0.3) is 15.9 Å². The van der Waals surface area contributed by atoms with Gasteiger partial charge in [-0.25, -0.2) is 18.9 Å². The first kappa shape index (κ1) is 15.7. The molecule has 8 heteroatoms. The molecule has 0 unspecified atom stereocenters. The van der Waals surface area contributed by atoms with Crippen LogP contribution in [0.4, 0.5) is 0 Å². The molecule has 1 N–H and O–H groups in total. The monoisotopic (exact) mass is 333 g/mol. The zero-order valence-electron chi connectivity index (χ0n) is 13.8. The highest BCUT2D eigenvalue weighted by Gasteiger charge is 2.19. The van der Waals surface area contributed by atoms with Gasteiger partial charge in [0.1, 0.15) is 17.2 Å². The molecule has 23 heavy (non-hydrogen) atoms. The topological polar surface area (TPSA) is 81.3 Å². The molecule has 0 aromatic carbocycles. The van der Waals surface area contributed by atoms with Crippen molar-refractivity contribution in [3.8, 4) is 0 Å². The second-order valence-electron chi connectivity index (χ2n) is 5.94. The molecular formula is C15H19N5O2S. The van der Waals surface area contributed by atoms with Crippen LogP contribution in [0.2, 0.25) is 0 Å². The lowest BCUT2D eigenvalue weighted by molar-refractivity contribution is -0.122. The molecule has 0 aliphatic heterocycles. The summed E-state index contributed by atoms with van der Waals surface area (Å²) in [6, 6.07) is 0.0205. The zero-order valence-corrected chi connectivity index (χ0v) is 14.6. The van der Waals surface area contributed by atoms with Gasteiger partial charge in [0.25, 0.3) is 0 Å². The lowest BCUT2D eigenvalue weighted by Crippen LogP contribution is -2.36. The molecule has 0 aliphatic rings. The third kappa shape index (κ3) is 2.52. The van der Waals surface area contributed by atoms with E-state index < -0.39 is 0 Å². The molecule has 7 nitrogen and oxygen atoms in total. The smallest absolute Gasteiger partial charge is 0.352 e. The van der Waals surface area contributed by atoms with Gasteiger partial charge in [0.05, 0.1) is 5.39 Å². The normalized spacial score (nSPS) is 11.7. The fourth-order valence-corrected chi connectivity index (χ4v) is 3.69. The van der Waals surface area contributed by atoms with E-state index in [-0.39, 0.29) is 24.2 Å². The summed E-state index contributed by atoms with van der Waals surface area (Å²) in [5.74, 6) is 0.347. The predicted molar refractivity (Wildman–Crippen MR) is 90.1 cm³/mol. The molecule has 0 aliphatic carbocycles. The Morgan fingerprint density at radius 1 is 1.30 bits per heavy atom. The molecule has 3 heterocycles. The molecule has 0 saturated heterocycles. The Morgan fingerprint density at radius 3 is 2.65 bits per heavy atom. The van der Waals surface area contributed by atoms with Gasteiger partial charge in [-0.1, -0.05) is 0 Å². The Kier molecular flexibility index (Phi) is 3.71. The van der Waals surface area contributed by atoms with Gasteiger partial charge in [0.15, 0.2) is 5.65 Å². The molecule has 0 atom stereocenters. The van der Waals surface area contributed by atoms with Crippen LogP contribution in [0.1, 0.15) is 30.1 Å². The molecule has 0 spiro atoms. The number of thiophene rings is 1. The minimum Gasteiger partial charge on any atom is -0.352 e. The van der Waals surface area contributed by atoms with Gasteiger partial charge in [0.2, 0.25) is 5.91 Å². The fourth-order valence-electron chi connectivity index (χ4n) is 2.62. The molecule has 1 amide bonds. The van der Waals surface area contributed by atoms with Crippen molar-refractivity contribution in [3.63, 3.8) is 0 Å². The minimum absolute atomic E-state index is 0.0205. The van der Waals surface area contributed by atoms with E-state index >= 15 is 0 Å². The van der Waals surface area contributed by atoms with E-state index in [9.17, 15) is 9.59 Å². The van der Waals surface area contributed by atoms with Gasteiger partial charge in [-0.05, 0) is 40.2 Å². The molecule has 3 aromatic rings. The highest BCUT2D eigenvalue weighted by molar-refractivity contribution is 7.18. The van der Waals surface area contributed by atoms with Gasteiger partial charge in [-0.15, -0.1) is 16.4 Å². The molecule has 3 rings (SSSR count). The molecule has 0 bridgehead atoms. The van der Waals surface area contributed by atoms with Crippen molar-refractivity contribution in [1.82, 2.24) is 24.5 Å². The van der Waals surface area contributed by atoms with Gasteiger partial charge >= 0.3 is 5.69 Å². The Bertz CT molecular complexity index is 979. The van der Waals surface area contributed by atoms with Gasteiger partial charge in [0, 0.05) is 10.9 Å². The summed E-state index contributed by atoms with van der Waals surface area (Å²) in [5, 5.41) is 8.05. The summed E-state index contributed by atoms with van der Waals surface area (Å²) < 4.78 is 2.68. The Labute approximate surface area is 137 Å². The second-order valence-corrected chi connectivity index (χ2v) is 7.15. The van der Waals surface area contributed by atoms with E-state index in [0.29, 0.717) is 11.5 Å². The number of hydrogen-bond acceptors (Lipinski definition) is 5. The predicted octanol–water partition coefficient (Wildman–Crippen LogP) is 1.56. The molecule has 0 fully saturated rings. The van der Waals surface area contributed by atoms with E-state index in [1.165, 1.54) is 9.08 Å². The maximum atomic E-state index is 12.6. The third-order valence-electron chi connectivity index (χ3n) is 3.76. The number of nitrogens with one attached hydrogen (secondary N) is 1. The summed E-state index contributed by atoms with van der Waals surface area (Å²) in [5.41, 5.74) is 1.30. The lowest BCUT2D eigenvalue weighted by Gasteiger charge is -2.06. The van der Waals surface area contributed by atoms with Crippen LogP contribution in [-0.2, 0) is 11.3 Å². The van der Waals surface area contributed by atoms with Crippen LogP contribution in [-0.4, -0.2) is 31.1 Å². The largest absolute Gasteiger partial charge is 0.352 e. The van der Waals surface area contributed by atoms with Crippen molar-refractivity contribution < 1.29 is 4.79 Å². The van der Waals surface area contributed by atoms with Crippen molar-refractivity contribution in [2.24, 2.45) is 0 Å². The van der Waals surface area contributed by atoms with E-state index in [1.807, 2.05) is 27.7 Å². The van der Waals surface area contributed by atoms with Crippen LogP contribution in [0.5, 0.6) is 0 Å². The number of rotatable bonds is 3. The SMILES string of the molecule is Cc1sc2nc(C)n3c(=O)n(CC(=O)NC(C)C)nc3c2c1C. The number of fused-ring (bicyclic) bond motifs is 3. The number of amides is 1. The third-order valence-corrected chi connectivity index (χ3v) is 4.86. The maximum absolute atomic E-state index is 12.6. The van der Waals surface area contributed by atoms with Crippen molar-refractivity contribution in [2.45, 2.75) is 47.2 Å². The summed E-state index contributed by atoms with van der Waals surface area (Å²) >= 11 is 1.59. The van der Waals surface area contributed by atoms with Crippen molar-refractivity contribution in [3.05, 3.63) is 26.7 Å². The van der Waals surface area contributed by atoms with Gasteiger partial charge in [-0.2, -0.15) is 0 Å². The number of hydrogen-bond donors (Lipinski definition) is 1. The average molecular weight is 333 g/mol. The number of carbonyl (C=O) groups excluding carboxylic acids is 1. The quantitative estimate of drug-likeness (QED) is 0.788. The minimum atomic E-state index is -0.339. The van der Waals surface area contributed by atoms with E-state index in [2.05, 4.69) is 15.4 Å². The van der Waals surface area contributed by atoms with E-state index in [1.54, 1.807) is 18.3 Å². The summed E-state index contributed by atoms with van der Waals surface area (Å²) in [6.07, 6.45) is 0.